The first-order valence-corrected chi connectivity index (χ1v) is 5.75. The van der Waals surface area contributed by atoms with E-state index in [1.807, 2.05) is 0 Å². The summed E-state index contributed by atoms with van der Waals surface area (Å²) in [7, 11) is 0. The fourth-order valence-corrected chi connectivity index (χ4v) is 1.89. The summed E-state index contributed by atoms with van der Waals surface area (Å²) in [4.78, 5) is 18.5. The van der Waals surface area contributed by atoms with Crippen molar-refractivity contribution in [2.24, 2.45) is 0 Å². The van der Waals surface area contributed by atoms with E-state index in [0.29, 0.717) is 29.8 Å². The standard InChI is InChI=1S/C9H10N4O3S/c1-5-11-7(13-16-5)2-3-10-9-12-6(4-17-9)8(14)15/h4H,2-3H2,1H3,(H,10,12)(H,14,15). The molecule has 17 heavy (non-hydrogen) atoms. The highest BCUT2D eigenvalue weighted by Crippen LogP contribution is 2.15. The number of rotatable bonds is 5. The van der Waals surface area contributed by atoms with Gasteiger partial charge >= 0.3 is 5.97 Å². The van der Waals surface area contributed by atoms with Gasteiger partial charge in [-0.05, 0) is 0 Å². The van der Waals surface area contributed by atoms with Crippen molar-refractivity contribution in [3.8, 4) is 0 Å². The van der Waals surface area contributed by atoms with Gasteiger partial charge in [-0.1, -0.05) is 5.16 Å². The lowest BCUT2D eigenvalue weighted by molar-refractivity contribution is 0.0691. The molecule has 0 amide bonds. The van der Waals surface area contributed by atoms with E-state index in [-0.39, 0.29) is 5.69 Å². The summed E-state index contributed by atoms with van der Waals surface area (Å²) in [5.41, 5.74) is 0.0490. The number of carboxylic acid groups (broad SMARTS) is 1. The van der Waals surface area contributed by atoms with Crippen molar-refractivity contribution in [1.82, 2.24) is 15.1 Å². The fourth-order valence-electron chi connectivity index (χ4n) is 1.18. The Bertz CT molecular complexity index is 522. The first kappa shape index (κ1) is 11.5. The molecule has 0 aliphatic heterocycles. The second kappa shape index (κ2) is 4.91. The average Bonchev–Trinajstić information content (AvgIpc) is 2.88. The molecule has 2 heterocycles. The molecule has 0 saturated carbocycles. The number of nitrogens with zero attached hydrogens (tertiary/aromatic N) is 3. The van der Waals surface area contributed by atoms with E-state index in [1.165, 1.54) is 16.7 Å². The van der Waals surface area contributed by atoms with Gasteiger partial charge in [0.1, 0.15) is 0 Å². The van der Waals surface area contributed by atoms with Crippen LogP contribution in [0, 0.1) is 6.92 Å². The Balaban J connectivity index is 1.83. The lowest BCUT2D eigenvalue weighted by Crippen LogP contribution is -2.06. The highest BCUT2D eigenvalue weighted by Gasteiger charge is 2.08. The molecule has 0 fully saturated rings. The maximum Gasteiger partial charge on any atom is 0.355 e. The van der Waals surface area contributed by atoms with E-state index in [4.69, 9.17) is 9.63 Å². The molecule has 7 nitrogen and oxygen atoms in total. The lowest BCUT2D eigenvalue weighted by atomic mass is 10.4. The van der Waals surface area contributed by atoms with Gasteiger partial charge in [0.25, 0.3) is 0 Å². The molecule has 2 aromatic rings. The number of aromatic nitrogens is 3. The van der Waals surface area contributed by atoms with Crippen LogP contribution in [0.2, 0.25) is 0 Å². The first-order valence-electron chi connectivity index (χ1n) is 4.87. The molecule has 0 radical (unpaired) electrons. The molecule has 2 rings (SSSR count). The summed E-state index contributed by atoms with van der Waals surface area (Å²) >= 11 is 1.25. The molecule has 8 heteroatoms. The third-order valence-corrected chi connectivity index (χ3v) is 2.72. The molecular formula is C9H10N4O3S. The molecule has 0 saturated heterocycles. The molecule has 0 spiro atoms. The third kappa shape index (κ3) is 3.00. The molecular weight excluding hydrogens is 244 g/mol. The van der Waals surface area contributed by atoms with Gasteiger partial charge in [0.05, 0.1) is 0 Å². The minimum atomic E-state index is -1.02. The van der Waals surface area contributed by atoms with E-state index in [9.17, 15) is 4.79 Å². The molecule has 2 N–H and O–H groups in total. The van der Waals surface area contributed by atoms with Crippen molar-refractivity contribution in [2.45, 2.75) is 13.3 Å². The summed E-state index contributed by atoms with van der Waals surface area (Å²) in [6.45, 7) is 2.30. The smallest absolute Gasteiger partial charge is 0.355 e. The highest BCUT2D eigenvalue weighted by atomic mass is 32.1. The summed E-state index contributed by atoms with van der Waals surface area (Å²) in [5.74, 6) is 0.121. The average molecular weight is 254 g/mol. The predicted octanol–water partition coefficient (Wildman–Crippen LogP) is 1.19. The van der Waals surface area contributed by atoms with Crippen LogP contribution < -0.4 is 5.32 Å². The summed E-state index contributed by atoms with van der Waals surface area (Å²) in [6.07, 6.45) is 0.597. The van der Waals surface area contributed by atoms with Crippen LogP contribution in [0.15, 0.2) is 9.90 Å². The van der Waals surface area contributed by atoms with Crippen LogP contribution in [0.25, 0.3) is 0 Å². The molecule has 0 aliphatic rings. The molecule has 0 atom stereocenters. The minimum absolute atomic E-state index is 0.0490. The van der Waals surface area contributed by atoms with E-state index in [1.54, 1.807) is 6.92 Å². The van der Waals surface area contributed by atoms with Crippen molar-refractivity contribution in [2.75, 3.05) is 11.9 Å². The molecule has 0 unspecified atom stereocenters. The number of hydrogen-bond donors (Lipinski definition) is 2. The maximum absolute atomic E-state index is 10.6. The van der Waals surface area contributed by atoms with E-state index in [2.05, 4.69) is 20.4 Å². The zero-order valence-corrected chi connectivity index (χ0v) is 9.82. The van der Waals surface area contributed by atoms with Gasteiger partial charge in [0.2, 0.25) is 5.89 Å². The van der Waals surface area contributed by atoms with Crippen LogP contribution in [0.3, 0.4) is 0 Å². The molecule has 0 aromatic carbocycles. The highest BCUT2D eigenvalue weighted by molar-refractivity contribution is 7.13. The molecule has 90 valence electrons. The third-order valence-electron chi connectivity index (χ3n) is 1.92. The van der Waals surface area contributed by atoms with Crippen molar-refractivity contribution < 1.29 is 14.4 Å². The largest absolute Gasteiger partial charge is 0.476 e. The number of anilines is 1. The summed E-state index contributed by atoms with van der Waals surface area (Å²) in [5, 5.41) is 17.5. The van der Waals surface area contributed by atoms with Crippen molar-refractivity contribution in [3.63, 3.8) is 0 Å². The monoisotopic (exact) mass is 254 g/mol. The Labute approximate surface area is 100 Å². The first-order chi connectivity index (χ1) is 8.15. The van der Waals surface area contributed by atoms with E-state index >= 15 is 0 Å². The van der Waals surface area contributed by atoms with Crippen LogP contribution in [-0.4, -0.2) is 32.7 Å². The van der Waals surface area contributed by atoms with Crippen LogP contribution in [0.5, 0.6) is 0 Å². The Kier molecular flexibility index (Phi) is 3.33. The van der Waals surface area contributed by atoms with E-state index in [0.717, 1.165) is 0 Å². The van der Waals surface area contributed by atoms with Crippen LogP contribution in [0.4, 0.5) is 5.13 Å². The topological polar surface area (TPSA) is 101 Å². The number of aryl methyl sites for hydroxylation is 1. The molecule has 0 bridgehead atoms. The molecule has 0 aliphatic carbocycles. The second-order valence-electron chi connectivity index (χ2n) is 3.25. The Hall–Kier alpha value is -1.96. The number of nitrogens with one attached hydrogen (secondary N) is 1. The number of carboxylic acids is 1. The van der Waals surface area contributed by atoms with Gasteiger partial charge in [-0.2, -0.15) is 4.98 Å². The van der Waals surface area contributed by atoms with Crippen LogP contribution >= 0.6 is 11.3 Å². The number of thiazole rings is 1. The summed E-state index contributed by atoms with van der Waals surface area (Å²) in [6, 6.07) is 0. The Morgan fingerprint density at radius 3 is 3.00 bits per heavy atom. The van der Waals surface area contributed by atoms with Crippen LogP contribution in [0.1, 0.15) is 22.2 Å². The maximum atomic E-state index is 10.6. The number of hydrogen-bond acceptors (Lipinski definition) is 7. The quantitative estimate of drug-likeness (QED) is 0.826. The Morgan fingerprint density at radius 2 is 2.41 bits per heavy atom. The number of carbonyl (C=O) groups is 1. The van der Waals surface area contributed by atoms with Gasteiger partial charge in [0, 0.05) is 25.3 Å². The van der Waals surface area contributed by atoms with Crippen LogP contribution in [-0.2, 0) is 6.42 Å². The predicted molar refractivity (Wildman–Crippen MR) is 60.3 cm³/mol. The lowest BCUT2D eigenvalue weighted by Gasteiger charge is -1.98. The number of aromatic carboxylic acids is 1. The fraction of sp³-hybridized carbons (Fsp3) is 0.333. The SMILES string of the molecule is Cc1nc(CCNc2nc(C(=O)O)cs2)no1. The normalized spacial score (nSPS) is 10.4. The van der Waals surface area contributed by atoms with Crippen molar-refractivity contribution >= 4 is 22.4 Å². The van der Waals surface area contributed by atoms with Crippen molar-refractivity contribution in [3.05, 3.63) is 22.8 Å². The Morgan fingerprint density at radius 1 is 1.59 bits per heavy atom. The van der Waals surface area contributed by atoms with Gasteiger partial charge in [-0.15, -0.1) is 11.3 Å². The zero-order valence-electron chi connectivity index (χ0n) is 9.01. The van der Waals surface area contributed by atoms with E-state index < -0.39 is 5.97 Å². The van der Waals surface area contributed by atoms with Gasteiger partial charge in [0.15, 0.2) is 16.6 Å². The molecule has 2 aromatic heterocycles. The van der Waals surface area contributed by atoms with Gasteiger partial charge in [-0.25, -0.2) is 9.78 Å². The van der Waals surface area contributed by atoms with Gasteiger partial charge < -0.3 is 14.9 Å². The zero-order chi connectivity index (χ0) is 12.3. The summed E-state index contributed by atoms with van der Waals surface area (Å²) < 4.78 is 4.82. The second-order valence-corrected chi connectivity index (χ2v) is 4.11. The van der Waals surface area contributed by atoms with Crippen molar-refractivity contribution in [1.29, 1.82) is 0 Å². The van der Waals surface area contributed by atoms with Gasteiger partial charge in [-0.3, -0.25) is 0 Å². The minimum Gasteiger partial charge on any atom is -0.476 e.